The monoisotopic (exact) mass is 767 g/mol. The fraction of sp³-hybridized carbons (Fsp3) is 0.414. The molecule has 0 bridgehead atoms. The molecule has 0 heteroatoms. The van der Waals surface area contributed by atoms with Crippen LogP contribution < -0.4 is 0 Å². The van der Waals surface area contributed by atoms with Crippen LogP contribution in [0.25, 0.3) is 65.3 Å². The Bertz CT molecular complexity index is 2200. The van der Waals surface area contributed by atoms with Gasteiger partial charge in [-0.05, 0) is 185 Å². The second-order valence-electron chi connectivity index (χ2n) is 17.2. The maximum atomic E-state index is 2.68. The zero-order valence-electron chi connectivity index (χ0n) is 37.4. The Labute approximate surface area is 351 Å². The molecular formula is C58H70. The van der Waals surface area contributed by atoms with Gasteiger partial charge in [-0.1, -0.05) is 167 Å². The van der Waals surface area contributed by atoms with Crippen molar-refractivity contribution in [1.82, 2.24) is 0 Å². The standard InChI is InChI=1S/C58H70/c1-9-23-41-42(24-10-2)46(28-14-6)50-36-54-53(35-49(50)45(41)27-13-5)57(39-31-19-17-20-32-39)55-37-51-47(29-15-7)43(25-11-3)44(26-12-4)48(30-16-8)52(51)38-56(55)58(54)40-33-21-18-22-34-40/h17-22,31-38H,9-16,23-30H2,1-8H3. The van der Waals surface area contributed by atoms with Crippen LogP contribution in [0.15, 0.2) is 84.9 Å². The molecule has 0 aliphatic heterocycles. The van der Waals surface area contributed by atoms with Gasteiger partial charge in [0.15, 0.2) is 0 Å². The van der Waals surface area contributed by atoms with Crippen LogP contribution in [0.5, 0.6) is 0 Å². The fourth-order valence-corrected chi connectivity index (χ4v) is 10.9. The van der Waals surface area contributed by atoms with E-state index in [0.29, 0.717) is 0 Å². The molecule has 0 heterocycles. The Morgan fingerprint density at radius 1 is 0.241 bits per heavy atom. The molecule has 0 spiro atoms. The van der Waals surface area contributed by atoms with Crippen molar-refractivity contribution in [2.75, 3.05) is 0 Å². The van der Waals surface area contributed by atoms with E-state index in [2.05, 4.69) is 140 Å². The summed E-state index contributed by atoms with van der Waals surface area (Å²) in [6.45, 7) is 19.0. The first kappa shape index (κ1) is 41.7. The molecule has 7 aromatic rings. The molecule has 58 heavy (non-hydrogen) atoms. The number of rotatable bonds is 18. The molecule has 0 unspecified atom stereocenters. The van der Waals surface area contributed by atoms with Crippen LogP contribution >= 0.6 is 0 Å². The Kier molecular flexibility index (Phi) is 13.7. The number of benzene rings is 7. The second-order valence-corrected chi connectivity index (χ2v) is 17.2. The summed E-state index contributed by atoms with van der Waals surface area (Å²) in [5.74, 6) is 0. The minimum absolute atomic E-state index is 1.13. The SMILES string of the molecule is CCCc1c(CCC)c(CCC)c2cc3c(-c4ccccc4)c4cc5c(CCC)c(CCC)c(CCC)c(CCC)c5cc4c(-c4ccccc4)c3cc2c1CCC. The van der Waals surface area contributed by atoms with Crippen molar-refractivity contribution in [1.29, 1.82) is 0 Å². The third-order valence-electron chi connectivity index (χ3n) is 13.0. The van der Waals surface area contributed by atoms with E-state index in [9.17, 15) is 0 Å². The summed E-state index contributed by atoms with van der Waals surface area (Å²) in [4.78, 5) is 0. The van der Waals surface area contributed by atoms with Gasteiger partial charge in [0.1, 0.15) is 0 Å². The summed E-state index contributed by atoms with van der Waals surface area (Å²) in [6, 6.07) is 33.6. The van der Waals surface area contributed by atoms with E-state index in [-0.39, 0.29) is 0 Å². The lowest BCUT2D eigenvalue weighted by Crippen LogP contribution is -2.08. The molecule has 0 nitrogen and oxygen atoms in total. The Morgan fingerprint density at radius 2 is 0.448 bits per heavy atom. The molecule has 7 aromatic carbocycles. The molecule has 0 aliphatic rings. The molecule has 0 saturated heterocycles. The lowest BCUT2D eigenvalue weighted by molar-refractivity contribution is 0.810. The zero-order valence-corrected chi connectivity index (χ0v) is 37.4. The van der Waals surface area contributed by atoms with Gasteiger partial charge in [-0.15, -0.1) is 0 Å². The number of fused-ring (bicyclic) bond motifs is 4. The highest BCUT2D eigenvalue weighted by molar-refractivity contribution is 6.26. The van der Waals surface area contributed by atoms with Gasteiger partial charge in [0, 0.05) is 0 Å². The molecular weight excluding hydrogens is 697 g/mol. The number of hydrogen-bond acceptors (Lipinski definition) is 0. The van der Waals surface area contributed by atoms with E-state index in [1.807, 2.05) is 0 Å². The van der Waals surface area contributed by atoms with E-state index < -0.39 is 0 Å². The van der Waals surface area contributed by atoms with Crippen LogP contribution in [0.4, 0.5) is 0 Å². The summed E-state index contributed by atoms with van der Waals surface area (Å²) in [5, 5.41) is 11.6. The van der Waals surface area contributed by atoms with Crippen molar-refractivity contribution in [3.05, 3.63) is 129 Å². The largest absolute Gasteiger partial charge is 0.0651 e. The maximum absolute atomic E-state index is 2.68. The second kappa shape index (κ2) is 19.1. The molecule has 7 rings (SSSR count). The van der Waals surface area contributed by atoms with E-state index in [0.717, 1.165) is 51.4 Å². The van der Waals surface area contributed by atoms with Crippen LogP contribution in [-0.4, -0.2) is 0 Å². The summed E-state index contributed by atoms with van der Waals surface area (Å²) in [6.07, 6.45) is 18.6. The molecule has 0 radical (unpaired) electrons. The van der Waals surface area contributed by atoms with Crippen LogP contribution in [0.3, 0.4) is 0 Å². The molecule has 0 N–H and O–H groups in total. The summed E-state index contributed by atoms with van der Waals surface area (Å²) in [7, 11) is 0. The lowest BCUT2D eigenvalue weighted by atomic mass is 9.78. The van der Waals surface area contributed by atoms with Gasteiger partial charge in [-0.2, -0.15) is 0 Å². The minimum Gasteiger partial charge on any atom is -0.0651 e. The average Bonchev–Trinajstić information content (AvgIpc) is 3.24. The molecule has 0 atom stereocenters. The van der Waals surface area contributed by atoms with Crippen molar-refractivity contribution >= 4 is 43.1 Å². The third-order valence-corrected chi connectivity index (χ3v) is 13.0. The van der Waals surface area contributed by atoms with Crippen molar-refractivity contribution in [3.8, 4) is 22.3 Å². The Balaban J connectivity index is 1.81. The van der Waals surface area contributed by atoms with Gasteiger partial charge in [0.25, 0.3) is 0 Å². The van der Waals surface area contributed by atoms with Gasteiger partial charge in [-0.25, -0.2) is 0 Å². The summed E-state index contributed by atoms with van der Waals surface area (Å²) >= 11 is 0. The highest BCUT2D eigenvalue weighted by atomic mass is 14.3. The highest BCUT2D eigenvalue weighted by Crippen LogP contribution is 2.49. The molecule has 302 valence electrons. The van der Waals surface area contributed by atoms with E-state index >= 15 is 0 Å². The smallest absolute Gasteiger partial charge is 0.00259 e. The normalized spacial score (nSPS) is 11.9. The zero-order chi connectivity index (χ0) is 40.8. The van der Waals surface area contributed by atoms with E-state index in [4.69, 9.17) is 0 Å². The first-order valence-electron chi connectivity index (χ1n) is 23.6. The van der Waals surface area contributed by atoms with Gasteiger partial charge in [0.2, 0.25) is 0 Å². The third kappa shape index (κ3) is 7.62. The van der Waals surface area contributed by atoms with E-state index in [1.54, 1.807) is 44.5 Å². The molecule has 0 aromatic heterocycles. The molecule has 0 aliphatic carbocycles. The van der Waals surface area contributed by atoms with Gasteiger partial charge < -0.3 is 0 Å². The summed E-state index contributed by atoms with van der Waals surface area (Å²) in [5.41, 5.74) is 18.6. The summed E-state index contributed by atoms with van der Waals surface area (Å²) < 4.78 is 0. The lowest BCUT2D eigenvalue weighted by Gasteiger charge is -2.26. The fourth-order valence-electron chi connectivity index (χ4n) is 10.9. The van der Waals surface area contributed by atoms with Crippen LogP contribution in [0.2, 0.25) is 0 Å². The van der Waals surface area contributed by atoms with E-state index in [1.165, 1.54) is 117 Å². The quantitative estimate of drug-likeness (QED) is 0.0763. The average molecular weight is 767 g/mol. The van der Waals surface area contributed by atoms with Crippen molar-refractivity contribution in [2.45, 2.75) is 158 Å². The highest BCUT2D eigenvalue weighted by Gasteiger charge is 2.25. The predicted molar refractivity (Wildman–Crippen MR) is 259 cm³/mol. The Hall–Kier alpha value is -4.42. The number of aryl methyl sites for hydroxylation is 4. The first-order chi connectivity index (χ1) is 28.5. The number of hydrogen-bond donors (Lipinski definition) is 0. The molecule has 0 saturated carbocycles. The molecule has 0 fully saturated rings. The Morgan fingerprint density at radius 3 is 0.655 bits per heavy atom. The van der Waals surface area contributed by atoms with Gasteiger partial charge in [-0.3, -0.25) is 0 Å². The van der Waals surface area contributed by atoms with Crippen LogP contribution in [-0.2, 0) is 51.4 Å². The predicted octanol–water partition coefficient (Wildman–Crippen LogP) is 17.3. The van der Waals surface area contributed by atoms with Crippen molar-refractivity contribution in [2.24, 2.45) is 0 Å². The van der Waals surface area contributed by atoms with Crippen LogP contribution in [0.1, 0.15) is 151 Å². The van der Waals surface area contributed by atoms with Crippen molar-refractivity contribution < 1.29 is 0 Å². The first-order valence-corrected chi connectivity index (χ1v) is 23.6. The molecule has 0 amide bonds. The minimum atomic E-state index is 1.13. The maximum Gasteiger partial charge on any atom is -0.00259 e. The van der Waals surface area contributed by atoms with Gasteiger partial charge in [0.05, 0.1) is 0 Å². The topological polar surface area (TPSA) is 0 Å². The van der Waals surface area contributed by atoms with Crippen molar-refractivity contribution in [3.63, 3.8) is 0 Å². The van der Waals surface area contributed by atoms with Crippen LogP contribution in [0, 0.1) is 0 Å². The van der Waals surface area contributed by atoms with Gasteiger partial charge >= 0.3 is 0 Å².